The number of carbonyl (C=O) groups is 1. The predicted octanol–water partition coefficient (Wildman–Crippen LogP) is 1.33. The van der Waals surface area contributed by atoms with E-state index in [1.807, 2.05) is 18.9 Å². The van der Waals surface area contributed by atoms with E-state index in [0.717, 1.165) is 9.39 Å². The maximum atomic E-state index is 11.3. The van der Waals surface area contributed by atoms with Crippen LogP contribution in [0.1, 0.15) is 6.92 Å². The monoisotopic (exact) mass is 335 g/mol. The van der Waals surface area contributed by atoms with Crippen molar-refractivity contribution in [2.45, 2.75) is 6.92 Å². The Hall–Kier alpha value is -0.920. The molecule has 0 N–H and O–H groups in total. The van der Waals surface area contributed by atoms with Gasteiger partial charge in [-0.1, -0.05) is 6.92 Å². The summed E-state index contributed by atoms with van der Waals surface area (Å²) in [5.74, 6) is 0.433. The van der Waals surface area contributed by atoms with Crippen molar-refractivity contribution in [3.63, 3.8) is 0 Å². The molecule has 0 fully saturated rings. The van der Waals surface area contributed by atoms with Crippen molar-refractivity contribution >= 4 is 34.4 Å². The Labute approximate surface area is 108 Å². The van der Waals surface area contributed by atoms with E-state index >= 15 is 0 Å². The van der Waals surface area contributed by atoms with Crippen LogP contribution in [0.3, 0.4) is 0 Å². The van der Waals surface area contributed by atoms with Crippen molar-refractivity contribution in [2.24, 2.45) is 5.92 Å². The molecular formula is C10H14IN3O2. The summed E-state index contributed by atoms with van der Waals surface area (Å²) in [6.45, 7) is 2.40. The van der Waals surface area contributed by atoms with E-state index in [1.54, 1.807) is 6.20 Å². The van der Waals surface area contributed by atoms with Gasteiger partial charge >= 0.3 is 5.97 Å². The van der Waals surface area contributed by atoms with Crippen molar-refractivity contribution < 1.29 is 9.53 Å². The summed E-state index contributed by atoms with van der Waals surface area (Å²) in [5.41, 5.74) is 0. The largest absolute Gasteiger partial charge is 0.469 e. The first kappa shape index (κ1) is 13.1. The zero-order valence-corrected chi connectivity index (χ0v) is 11.6. The second-order valence-corrected chi connectivity index (χ2v) is 4.66. The lowest BCUT2D eigenvalue weighted by Crippen LogP contribution is -2.30. The normalized spacial score (nSPS) is 12.0. The molecule has 1 heterocycles. The first-order chi connectivity index (χ1) is 7.56. The van der Waals surface area contributed by atoms with Crippen LogP contribution in [0.4, 0.5) is 5.82 Å². The fraction of sp³-hybridized carbons (Fsp3) is 0.500. The first-order valence-corrected chi connectivity index (χ1v) is 5.88. The van der Waals surface area contributed by atoms with Gasteiger partial charge < -0.3 is 9.64 Å². The van der Waals surface area contributed by atoms with Gasteiger partial charge in [0.05, 0.1) is 16.6 Å². The second-order valence-electron chi connectivity index (χ2n) is 3.50. The van der Waals surface area contributed by atoms with Crippen LogP contribution >= 0.6 is 22.6 Å². The highest BCUT2D eigenvalue weighted by atomic mass is 127. The Bertz CT molecular complexity index is 373. The third-order valence-electron chi connectivity index (χ3n) is 2.16. The predicted molar refractivity (Wildman–Crippen MR) is 69.2 cm³/mol. The molecule has 0 amide bonds. The quantitative estimate of drug-likeness (QED) is 0.614. The maximum Gasteiger partial charge on any atom is 0.310 e. The van der Waals surface area contributed by atoms with Gasteiger partial charge in [-0.05, 0) is 22.6 Å². The van der Waals surface area contributed by atoms with Crippen LogP contribution in [-0.2, 0) is 9.53 Å². The van der Waals surface area contributed by atoms with Gasteiger partial charge in [0.25, 0.3) is 0 Å². The van der Waals surface area contributed by atoms with Gasteiger partial charge in [-0.2, -0.15) is 0 Å². The number of nitrogens with zero attached hydrogens (tertiary/aromatic N) is 3. The van der Waals surface area contributed by atoms with Crippen molar-refractivity contribution in [2.75, 3.05) is 25.6 Å². The zero-order valence-electron chi connectivity index (χ0n) is 9.48. The van der Waals surface area contributed by atoms with Gasteiger partial charge in [0, 0.05) is 19.8 Å². The SMILES string of the molecule is COC(=O)C(C)CN(C)c1ncncc1I. The van der Waals surface area contributed by atoms with Crippen LogP contribution in [0.5, 0.6) is 0 Å². The van der Waals surface area contributed by atoms with Gasteiger partial charge in [-0.25, -0.2) is 9.97 Å². The number of aromatic nitrogens is 2. The first-order valence-electron chi connectivity index (χ1n) is 4.80. The molecule has 0 aliphatic rings. The van der Waals surface area contributed by atoms with Gasteiger partial charge in [-0.3, -0.25) is 4.79 Å². The third-order valence-corrected chi connectivity index (χ3v) is 2.92. The highest BCUT2D eigenvalue weighted by Crippen LogP contribution is 2.17. The molecule has 0 aliphatic carbocycles. The molecule has 0 saturated carbocycles. The number of esters is 1. The van der Waals surface area contributed by atoms with Crippen molar-refractivity contribution in [3.8, 4) is 0 Å². The van der Waals surface area contributed by atoms with Crippen LogP contribution in [0.2, 0.25) is 0 Å². The lowest BCUT2D eigenvalue weighted by atomic mass is 10.2. The Morgan fingerprint density at radius 3 is 2.94 bits per heavy atom. The molecule has 0 bridgehead atoms. The number of rotatable bonds is 4. The van der Waals surface area contributed by atoms with Crippen molar-refractivity contribution in [1.82, 2.24) is 9.97 Å². The highest BCUT2D eigenvalue weighted by Gasteiger charge is 2.17. The lowest BCUT2D eigenvalue weighted by Gasteiger charge is -2.21. The van der Waals surface area contributed by atoms with Crippen LogP contribution in [0, 0.1) is 9.49 Å². The Kier molecular flexibility index (Phi) is 4.91. The number of hydrogen-bond donors (Lipinski definition) is 0. The summed E-state index contributed by atoms with van der Waals surface area (Å²) in [6.07, 6.45) is 3.24. The molecule has 1 atom stereocenters. The molecular weight excluding hydrogens is 321 g/mol. The van der Waals surface area contributed by atoms with Crippen molar-refractivity contribution in [3.05, 3.63) is 16.1 Å². The van der Waals surface area contributed by atoms with E-state index in [1.165, 1.54) is 13.4 Å². The standard InChI is InChI=1S/C10H14IN3O2/c1-7(10(15)16-3)5-14(2)9-8(11)4-12-6-13-9/h4,6-7H,5H2,1-3H3. The molecule has 0 aliphatic heterocycles. The molecule has 0 spiro atoms. The Morgan fingerprint density at radius 1 is 1.69 bits per heavy atom. The number of hydrogen-bond acceptors (Lipinski definition) is 5. The summed E-state index contributed by atoms with van der Waals surface area (Å²) >= 11 is 2.17. The second kappa shape index (κ2) is 5.97. The fourth-order valence-corrected chi connectivity index (χ4v) is 2.07. The smallest absolute Gasteiger partial charge is 0.310 e. The fourth-order valence-electron chi connectivity index (χ4n) is 1.36. The van der Waals surface area contributed by atoms with Gasteiger partial charge in [-0.15, -0.1) is 0 Å². The number of ether oxygens (including phenoxy) is 1. The maximum absolute atomic E-state index is 11.3. The minimum Gasteiger partial charge on any atom is -0.469 e. The van der Waals surface area contributed by atoms with Crippen LogP contribution in [0.15, 0.2) is 12.5 Å². The molecule has 5 nitrogen and oxygen atoms in total. The van der Waals surface area contributed by atoms with E-state index in [4.69, 9.17) is 0 Å². The van der Waals surface area contributed by atoms with Crippen molar-refractivity contribution in [1.29, 1.82) is 0 Å². The van der Waals surface area contributed by atoms with Crippen LogP contribution in [0.25, 0.3) is 0 Å². The van der Waals surface area contributed by atoms with Gasteiger partial charge in [0.1, 0.15) is 12.1 Å². The molecule has 0 saturated heterocycles. The third kappa shape index (κ3) is 3.29. The minimum atomic E-state index is -0.212. The summed E-state index contributed by atoms with van der Waals surface area (Å²) in [5, 5.41) is 0. The molecule has 1 rings (SSSR count). The Balaban J connectivity index is 2.69. The zero-order chi connectivity index (χ0) is 12.1. The number of methoxy groups -OCH3 is 1. The molecule has 1 unspecified atom stereocenters. The van der Waals surface area contributed by atoms with E-state index in [-0.39, 0.29) is 11.9 Å². The minimum absolute atomic E-state index is 0.180. The summed E-state index contributed by atoms with van der Waals surface area (Å²) in [6, 6.07) is 0. The topological polar surface area (TPSA) is 55.3 Å². The van der Waals surface area contributed by atoms with E-state index in [2.05, 4.69) is 37.3 Å². The summed E-state index contributed by atoms with van der Waals surface area (Å²) in [4.78, 5) is 21.3. The van der Waals surface area contributed by atoms with Gasteiger partial charge in [0.15, 0.2) is 0 Å². The number of anilines is 1. The highest BCUT2D eigenvalue weighted by molar-refractivity contribution is 14.1. The molecule has 1 aromatic heterocycles. The van der Waals surface area contributed by atoms with Crippen LogP contribution < -0.4 is 4.90 Å². The summed E-state index contributed by atoms with van der Waals surface area (Å²) in [7, 11) is 3.29. The molecule has 6 heteroatoms. The van der Waals surface area contributed by atoms with E-state index in [9.17, 15) is 4.79 Å². The number of carbonyl (C=O) groups excluding carboxylic acids is 1. The lowest BCUT2D eigenvalue weighted by molar-refractivity contribution is -0.144. The van der Waals surface area contributed by atoms with Crippen LogP contribution in [-0.4, -0.2) is 36.6 Å². The Morgan fingerprint density at radius 2 is 2.38 bits per heavy atom. The molecule has 16 heavy (non-hydrogen) atoms. The number of halogens is 1. The molecule has 88 valence electrons. The van der Waals surface area contributed by atoms with E-state index in [0.29, 0.717) is 6.54 Å². The average Bonchev–Trinajstić information content (AvgIpc) is 2.28. The average molecular weight is 335 g/mol. The summed E-state index contributed by atoms with van der Waals surface area (Å²) < 4.78 is 5.64. The molecule has 0 aromatic carbocycles. The van der Waals surface area contributed by atoms with Gasteiger partial charge in [0.2, 0.25) is 0 Å². The molecule has 0 radical (unpaired) electrons. The molecule has 1 aromatic rings. The van der Waals surface area contributed by atoms with E-state index < -0.39 is 0 Å².